The highest BCUT2D eigenvalue weighted by molar-refractivity contribution is 6.31. The Kier molecular flexibility index (Phi) is 6.16. The molecule has 134 valence electrons. The first-order valence-corrected chi connectivity index (χ1v) is 8.33. The third-order valence-corrected chi connectivity index (χ3v) is 4.27. The number of nitrogens with zero attached hydrogens (tertiary/aromatic N) is 1. The zero-order valence-electron chi connectivity index (χ0n) is 13.9. The maximum Gasteiger partial charge on any atom is 0.317 e. The predicted molar refractivity (Wildman–Crippen MR) is 97.5 cm³/mol. The lowest BCUT2D eigenvalue weighted by Crippen LogP contribution is -2.29. The van der Waals surface area contributed by atoms with Crippen molar-refractivity contribution in [2.24, 2.45) is 0 Å². The number of carboxylic acids is 1. The summed E-state index contributed by atoms with van der Waals surface area (Å²) in [4.78, 5) is 12.8. The first kappa shape index (κ1) is 19.4. The summed E-state index contributed by atoms with van der Waals surface area (Å²) in [5.74, 6) is -0.867. The van der Waals surface area contributed by atoms with Gasteiger partial charge in [0, 0.05) is 34.3 Å². The number of aliphatic carboxylic acids is 1. The van der Waals surface area contributed by atoms with E-state index in [1.807, 2.05) is 0 Å². The molecular formula is C18H19Cl2NO4. The lowest BCUT2D eigenvalue weighted by atomic mass is 10.1. The topological polar surface area (TPSA) is 81.0 Å². The van der Waals surface area contributed by atoms with Gasteiger partial charge in [0.05, 0.1) is 6.54 Å². The van der Waals surface area contributed by atoms with Crippen LogP contribution in [0.1, 0.15) is 22.3 Å². The van der Waals surface area contributed by atoms with Crippen LogP contribution in [0.15, 0.2) is 24.3 Å². The third kappa shape index (κ3) is 5.01. The molecule has 2 aromatic carbocycles. The van der Waals surface area contributed by atoms with Crippen LogP contribution in [0.25, 0.3) is 0 Å². The fraction of sp³-hybridized carbons (Fsp3) is 0.278. The molecule has 0 aliphatic heterocycles. The van der Waals surface area contributed by atoms with E-state index >= 15 is 0 Å². The monoisotopic (exact) mass is 383 g/mol. The lowest BCUT2D eigenvalue weighted by Gasteiger charge is -2.22. The molecule has 25 heavy (non-hydrogen) atoms. The zero-order chi connectivity index (χ0) is 18.7. The van der Waals surface area contributed by atoms with Gasteiger partial charge in [0.25, 0.3) is 0 Å². The van der Waals surface area contributed by atoms with E-state index in [-0.39, 0.29) is 31.1 Å². The van der Waals surface area contributed by atoms with Crippen LogP contribution < -0.4 is 0 Å². The molecule has 0 spiro atoms. The second kappa shape index (κ2) is 7.95. The van der Waals surface area contributed by atoms with Crippen molar-refractivity contribution in [3.8, 4) is 11.5 Å². The summed E-state index contributed by atoms with van der Waals surface area (Å²) in [6.45, 7) is 3.49. The number of carbonyl (C=O) groups is 1. The Morgan fingerprint density at radius 3 is 1.68 bits per heavy atom. The van der Waals surface area contributed by atoms with Crippen LogP contribution in [-0.2, 0) is 17.9 Å². The number of benzene rings is 2. The molecule has 0 saturated heterocycles. The quantitative estimate of drug-likeness (QED) is 0.699. The van der Waals surface area contributed by atoms with Crippen molar-refractivity contribution in [2.45, 2.75) is 26.9 Å². The molecule has 5 nitrogen and oxygen atoms in total. The van der Waals surface area contributed by atoms with Crippen LogP contribution in [0.4, 0.5) is 0 Å². The van der Waals surface area contributed by atoms with E-state index in [1.54, 1.807) is 43.0 Å². The molecule has 0 heterocycles. The van der Waals surface area contributed by atoms with Gasteiger partial charge in [0.2, 0.25) is 0 Å². The van der Waals surface area contributed by atoms with Crippen LogP contribution >= 0.6 is 23.2 Å². The number of aryl methyl sites for hydroxylation is 2. The van der Waals surface area contributed by atoms with Gasteiger partial charge < -0.3 is 15.3 Å². The summed E-state index contributed by atoms with van der Waals surface area (Å²) in [7, 11) is 0. The Bertz CT molecular complexity index is 749. The van der Waals surface area contributed by atoms with Crippen LogP contribution in [-0.4, -0.2) is 32.7 Å². The molecule has 3 N–H and O–H groups in total. The number of phenolic OH excluding ortho intramolecular Hbond substituents is 2. The van der Waals surface area contributed by atoms with Crippen molar-refractivity contribution >= 4 is 29.2 Å². The minimum Gasteiger partial charge on any atom is -0.507 e. The summed E-state index contributed by atoms with van der Waals surface area (Å²) < 4.78 is 0. The molecule has 0 radical (unpaired) electrons. The standard InChI is InChI=1S/C18H19Cl2NO4/c1-10-3-14(19)5-12(17(10)24)7-21(9-16(22)23)8-13-6-15(20)4-11(2)18(13)25/h3-6,24-25H,7-9H2,1-2H3,(H,22,23). The highest BCUT2D eigenvalue weighted by Gasteiger charge is 2.17. The highest BCUT2D eigenvalue weighted by atomic mass is 35.5. The van der Waals surface area contributed by atoms with Gasteiger partial charge in [-0.05, 0) is 49.2 Å². The molecule has 0 saturated carbocycles. The molecule has 2 aromatic rings. The van der Waals surface area contributed by atoms with Gasteiger partial charge in [0.15, 0.2) is 0 Å². The van der Waals surface area contributed by atoms with Crippen molar-refractivity contribution in [1.29, 1.82) is 0 Å². The van der Waals surface area contributed by atoms with E-state index in [0.29, 0.717) is 32.3 Å². The predicted octanol–water partition coefficient (Wildman–Crippen LogP) is 4.11. The molecule has 0 aromatic heterocycles. The Balaban J connectivity index is 2.33. The number of hydrogen-bond donors (Lipinski definition) is 3. The molecule has 0 atom stereocenters. The number of aromatic hydroxyl groups is 2. The molecule has 0 unspecified atom stereocenters. The van der Waals surface area contributed by atoms with E-state index in [2.05, 4.69) is 0 Å². The van der Waals surface area contributed by atoms with Crippen LogP contribution in [0.2, 0.25) is 10.0 Å². The van der Waals surface area contributed by atoms with E-state index in [0.717, 1.165) is 0 Å². The van der Waals surface area contributed by atoms with Gasteiger partial charge >= 0.3 is 5.97 Å². The second-order valence-electron chi connectivity index (χ2n) is 6.00. The molecule has 2 rings (SSSR count). The van der Waals surface area contributed by atoms with Gasteiger partial charge in [-0.3, -0.25) is 9.69 Å². The molecular weight excluding hydrogens is 365 g/mol. The molecule has 0 bridgehead atoms. The summed E-state index contributed by atoms with van der Waals surface area (Å²) in [5, 5.41) is 30.5. The smallest absolute Gasteiger partial charge is 0.317 e. The highest BCUT2D eigenvalue weighted by Crippen LogP contribution is 2.30. The Morgan fingerprint density at radius 2 is 1.32 bits per heavy atom. The number of hydrogen-bond acceptors (Lipinski definition) is 4. The average molecular weight is 384 g/mol. The number of halogens is 2. The van der Waals surface area contributed by atoms with Crippen molar-refractivity contribution in [2.75, 3.05) is 6.54 Å². The van der Waals surface area contributed by atoms with Crippen LogP contribution in [0.5, 0.6) is 11.5 Å². The minimum absolute atomic E-state index is 0.0753. The maximum atomic E-state index is 11.2. The number of rotatable bonds is 6. The van der Waals surface area contributed by atoms with E-state index < -0.39 is 5.97 Å². The summed E-state index contributed by atoms with van der Waals surface area (Å²) in [5.41, 5.74) is 2.26. The van der Waals surface area contributed by atoms with Gasteiger partial charge in [-0.15, -0.1) is 0 Å². The molecule has 0 aliphatic rings. The van der Waals surface area contributed by atoms with Crippen molar-refractivity contribution in [1.82, 2.24) is 4.90 Å². The summed E-state index contributed by atoms with van der Waals surface area (Å²) in [6.07, 6.45) is 0. The van der Waals surface area contributed by atoms with E-state index in [1.165, 1.54) is 0 Å². The van der Waals surface area contributed by atoms with Gasteiger partial charge in [-0.1, -0.05) is 23.2 Å². The Morgan fingerprint density at radius 1 is 0.920 bits per heavy atom. The summed E-state index contributed by atoms with van der Waals surface area (Å²) >= 11 is 12.1. The molecule has 0 fully saturated rings. The second-order valence-corrected chi connectivity index (χ2v) is 6.87. The average Bonchev–Trinajstić information content (AvgIpc) is 2.48. The first-order chi connectivity index (χ1) is 11.7. The minimum atomic E-state index is -1.02. The SMILES string of the molecule is Cc1cc(Cl)cc(CN(CC(=O)O)Cc2cc(Cl)cc(C)c2O)c1O. The number of phenols is 2. The molecule has 7 heteroatoms. The summed E-state index contributed by atoms with van der Waals surface area (Å²) in [6, 6.07) is 6.46. The van der Waals surface area contributed by atoms with Crippen molar-refractivity contribution in [3.05, 3.63) is 56.6 Å². The van der Waals surface area contributed by atoms with Gasteiger partial charge in [0.1, 0.15) is 11.5 Å². The molecule has 0 amide bonds. The third-order valence-electron chi connectivity index (χ3n) is 3.84. The lowest BCUT2D eigenvalue weighted by molar-refractivity contribution is -0.138. The van der Waals surface area contributed by atoms with Crippen LogP contribution in [0.3, 0.4) is 0 Å². The van der Waals surface area contributed by atoms with E-state index in [9.17, 15) is 20.1 Å². The van der Waals surface area contributed by atoms with Gasteiger partial charge in [-0.2, -0.15) is 0 Å². The van der Waals surface area contributed by atoms with E-state index in [4.69, 9.17) is 23.2 Å². The largest absolute Gasteiger partial charge is 0.507 e. The normalized spacial score (nSPS) is 11.1. The van der Waals surface area contributed by atoms with Crippen molar-refractivity contribution < 1.29 is 20.1 Å². The zero-order valence-corrected chi connectivity index (χ0v) is 15.4. The number of carboxylic acid groups (broad SMARTS) is 1. The Hall–Kier alpha value is -1.95. The first-order valence-electron chi connectivity index (χ1n) is 7.57. The van der Waals surface area contributed by atoms with Gasteiger partial charge in [-0.25, -0.2) is 0 Å². The fourth-order valence-electron chi connectivity index (χ4n) is 2.69. The maximum absolute atomic E-state index is 11.2. The van der Waals surface area contributed by atoms with Crippen LogP contribution in [0, 0.1) is 13.8 Å². The van der Waals surface area contributed by atoms with Crippen molar-refractivity contribution in [3.63, 3.8) is 0 Å². The fourth-order valence-corrected chi connectivity index (χ4v) is 3.28. The molecule has 0 aliphatic carbocycles. The Labute approximate surface area is 156 Å².